The number of benzene rings is 3. The van der Waals surface area contributed by atoms with Crippen LogP contribution in [0.3, 0.4) is 0 Å². The number of anilines is 1. The molecule has 1 aromatic heterocycles. The standard InChI is InChI=1S/C28H25N3O5S2/c1-19(26(32)30-28-29-25(18-37-28)21-8-3-2-4-9-21)36-27(33)22-11-13-24(14-12-22)38(34,35)31-16-15-20-7-5-6-10-23(20)17-31/h2-14,18-19H,15-17H2,1H3,(H,29,30,32)/t19-/m1/s1. The quantitative estimate of drug-likeness (QED) is 0.335. The van der Waals surface area contributed by atoms with Crippen molar-refractivity contribution in [3.8, 4) is 11.3 Å². The van der Waals surface area contributed by atoms with Crippen molar-refractivity contribution in [3.05, 3.63) is 101 Å². The van der Waals surface area contributed by atoms with Crippen LogP contribution in [0.15, 0.2) is 89.1 Å². The van der Waals surface area contributed by atoms with Crippen LogP contribution in [0.25, 0.3) is 11.3 Å². The van der Waals surface area contributed by atoms with E-state index in [1.54, 1.807) is 0 Å². The second-order valence-corrected chi connectivity index (χ2v) is 11.6. The first kappa shape index (κ1) is 25.8. The molecule has 5 rings (SSSR count). The Hall–Kier alpha value is -3.86. The Morgan fingerprint density at radius 2 is 1.66 bits per heavy atom. The number of fused-ring (bicyclic) bond motifs is 1. The van der Waals surface area contributed by atoms with Gasteiger partial charge in [-0.25, -0.2) is 18.2 Å². The van der Waals surface area contributed by atoms with Crippen LogP contribution in [0.1, 0.15) is 28.4 Å². The first-order valence-electron chi connectivity index (χ1n) is 12.0. The van der Waals surface area contributed by atoms with Gasteiger partial charge in [-0.3, -0.25) is 10.1 Å². The van der Waals surface area contributed by atoms with E-state index in [-0.39, 0.29) is 10.5 Å². The number of amides is 1. The summed E-state index contributed by atoms with van der Waals surface area (Å²) in [5.41, 5.74) is 3.96. The highest BCUT2D eigenvalue weighted by Gasteiger charge is 2.28. The number of carbonyl (C=O) groups excluding carboxylic acids is 2. The predicted molar refractivity (Wildman–Crippen MR) is 145 cm³/mol. The third kappa shape index (κ3) is 5.52. The summed E-state index contributed by atoms with van der Waals surface area (Å²) in [5, 5.41) is 4.90. The van der Waals surface area contributed by atoms with Gasteiger partial charge in [0.15, 0.2) is 11.2 Å². The number of thiazole rings is 1. The number of hydrogen-bond donors (Lipinski definition) is 1. The summed E-state index contributed by atoms with van der Waals surface area (Å²) in [4.78, 5) is 29.7. The number of rotatable bonds is 7. The van der Waals surface area contributed by atoms with Crippen LogP contribution in [0.2, 0.25) is 0 Å². The fourth-order valence-corrected chi connectivity index (χ4v) is 6.29. The molecule has 1 aliphatic rings. The monoisotopic (exact) mass is 547 g/mol. The first-order valence-corrected chi connectivity index (χ1v) is 14.3. The smallest absolute Gasteiger partial charge is 0.338 e. The number of ether oxygens (including phenoxy) is 1. The van der Waals surface area contributed by atoms with Gasteiger partial charge in [0, 0.05) is 24.0 Å². The molecule has 0 radical (unpaired) electrons. The van der Waals surface area contributed by atoms with Crippen molar-refractivity contribution >= 4 is 38.4 Å². The van der Waals surface area contributed by atoms with Crippen LogP contribution in [-0.4, -0.2) is 42.2 Å². The summed E-state index contributed by atoms with van der Waals surface area (Å²) in [6, 6.07) is 22.9. The van der Waals surface area contributed by atoms with E-state index in [1.807, 2.05) is 60.0 Å². The largest absolute Gasteiger partial charge is 0.449 e. The van der Waals surface area contributed by atoms with Gasteiger partial charge in [0.25, 0.3) is 5.91 Å². The van der Waals surface area contributed by atoms with Crippen LogP contribution in [-0.2, 0) is 32.5 Å². The van der Waals surface area contributed by atoms with E-state index in [0.29, 0.717) is 24.6 Å². The molecule has 1 N–H and O–H groups in total. The van der Waals surface area contributed by atoms with Gasteiger partial charge in [-0.15, -0.1) is 11.3 Å². The van der Waals surface area contributed by atoms with Gasteiger partial charge in [-0.2, -0.15) is 4.31 Å². The van der Waals surface area contributed by atoms with Gasteiger partial charge in [0.05, 0.1) is 16.2 Å². The fourth-order valence-electron chi connectivity index (χ4n) is 4.15. The first-order chi connectivity index (χ1) is 18.3. The highest BCUT2D eigenvalue weighted by atomic mass is 32.2. The maximum Gasteiger partial charge on any atom is 0.338 e. The van der Waals surface area contributed by atoms with Crippen LogP contribution in [0, 0.1) is 0 Å². The van der Waals surface area contributed by atoms with E-state index in [0.717, 1.165) is 22.4 Å². The number of hydrogen-bond acceptors (Lipinski definition) is 7. The van der Waals surface area contributed by atoms with Crippen LogP contribution < -0.4 is 5.32 Å². The molecule has 3 aromatic carbocycles. The Morgan fingerprint density at radius 3 is 2.39 bits per heavy atom. The number of carbonyl (C=O) groups is 2. The Balaban J connectivity index is 1.19. The van der Waals surface area contributed by atoms with Crippen molar-refractivity contribution in [2.45, 2.75) is 30.9 Å². The van der Waals surface area contributed by atoms with E-state index in [9.17, 15) is 18.0 Å². The number of aromatic nitrogens is 1. The average Bonchev–Trinajstić information content (AvgIpc) is 3.41. The molecule has 4 aromatic rings. The second kappa shape index (κ2) is 10.9. The lowest BCUT2D eigenvalue weighted by Gasteiger charge is -2.28. The maximum absolute atomic E-state index is 13.2. The molecule has 1 aliphatic heterocycles. The van der Waals surface area contributed by atoms with Crippen molar-refractivity contribution in [1.82, 2.24) is 9.29 Å². The molecule has 38 heavy (non-hydrogen) atoms. The summed E-state index contributed by atoms with van der Waals surface area (Å²) in [7, 11) is -3.73. The van der Waals surface area contributed by atoms with E-state index in [4.69, 9.17) is 4.74 Å². The fraction of sp³-hybridized carbons (Fsp3) is 0.179. The van der Waals surface area contributed by atoms with Crippen molar-refractivity contribution < 1.29 is 22.7 Å². The van der Waals surface area contributed by atoms with Crippen molar-refractivity contribution in [3.63, 3.8) is 0 Å². The minimum Gasteiger partial charge on any atom is -0.449 e. The topological polar surface area (TPSA) is 106 Å². The minimum atomic E-state index is -3.73. The maximum atomic E-state index is 13.2. The molecule has 0 unspecified atom stereocenters. The van der Waals surface area contributed by atoms with Gasteiger partial charge in [-0.05, 0) is 48.7 Å². The molecule has 0 saturated heterocycles. The molecular weight excluding hydrogens is 522 g/mol. The van der Waals surface area contributed by atoms with Crippen LogP contribution in [0.4, 0.5) is 5.13 Å². The zero-order valence-corrected chi connectivity index (χ0v) is 22.2. The zero-order chi connectivity index (χ0) is 26.7. The Morgan fingerprint density at radius 1 is 0.974 bits per heavy atom. The average molecular weight is 548 g/mol. The summed E-state index contributed by atoms with van der Waals surface area (Å²) in [6.45, 7) is 2.16. The summed E-state index contributed by atoms with van der Waals surface area (Å²) in [6.07, 6.45) is -0.433. The third-order valence-electron chi connectivity index (χ3n) is 6.28. The second-order valence-electron chi connectivity index (χ2n) is 8.82. The lowest BCUT2D eigenvalue weighted by Crippen LogP contribution is -2.35. The normalized spacial score (nSPS) is 14.3. The molecule has 0 bridgehead atoms. The number of nitrogens with zero attached hydrogens (tertiary/aromatic N) is 2. The molecule has 8 nitrogen and oxygen atoms in total. The van der Waals surface area contributed by atoms with Crippen molar-refractivity contribution in [2.24, 2.45) is 0 Å². The van der Waals surface area contributed by atoms with E-state index < -0.39 is 28.0 Å². The molecule has 0 spiro atoms. The molecular formula is C28H25N3O5S2. The molecule has 2 heterocycles. The number of esters is 1. The highest BCUT2D eigenvalue weighted by molar-refractivity contribution is 7.89. The summed E-state index contributed by atoms with van der Waals surface area (Å²) < 4.78 is 33.1. The van der Waals surface area contributed by atoms with Gasteiger partial charge >= 0.3 is 5.97 Å². The minimum absolute atomic E-state index is 0.0946. The Labute approximate surface area is 225 Å². The Bertz CT molecular complexity index is 1570. The lowest BCUT2D eigenvalue weighted by atomic mass is 10.0. The number of nitrogens with one attached hydrogen (secondary N) is 1. The molecule has 0 aliphatic carbocycles. The summed E-state index contributed by atoms with van der Waals surface area (Å²) >= 11 is 1.27. The van der Waals surface area contributed by atoms with Gasteiger partial charge in [-0.1, -0.05) is 54.6 Å². The van der Waals surface area contributed by atoms with E-state index in [1.165, 1.54) is 46.8 Å². The molecule has 194 valence electrons. The van der Waals surface area contributed by atoms with E-state index in [2.05, 4.69) is 10.3 Å². The number of sulfonamides is 1. The van der Waals surface area contributed by atoms with E-state index >= 15 is 0 Å². The van der Waals surface area contributed by atoms with Crippen molar-refractivity contribution in [1.29, 1.82) is 0 Å². The van der Waals surface area contributed by atoms with Gasteiger partial charge in [0.2, 0.25) is 10.0 Å². The molecule has 1 atom stereocenters. The molecule has 10 heteroatoms. The predicted octanol–water partition coefficient (Wildman–Crippen LogP) is 4.74. The van der Waals surface area contributed by atoms with Crippen LogP contribution in [0.5, 0.6) is 0 Å². The summed E-state index contributed by atoms with van der Waals surface area (Å²) in [5.74, 6) is -1.25. The molecule has 1 amide bonds. The molecule has 0 saturated carbocycles. The van der Waals surface area contributed by atoms with Gasteiger partial charge in [0.1, 0.15) is 0 Å². The highest BCUT2D eigenvalue weighted by Crippen LogP contribution is 2.26. The van der Waals surface area contributed by atoms with Gasteiger partial charge < -0.3 is 4.74 Å². The van der Waals surface area contributed by atoms with Crippen molar-refractivity contribution in [2.75, 3.05) is 11.9 Å². The lowest BCUT2D eigenvalue weighted by molar-refractivity contribution is -0.123. The molecule has 0 fully saturated rings. The zero-order valence-electron chi connectivity index (χ0n) is 20.5. The Kier molecular flexibility index (Phi) is 7.37. The van der Waals surface area contributed by atoms with Crippen LogP contribution >= 0.6 is 11.3 Å². The SMILES string of the molecule is C[C@@H](OC(=O)c1ccc(S(=O)(=O)N2CCc3ccccc3C2)cc1)C(=O)Nc1nc(-c2ccccc2)cs1. The third-order valence-corrected chi connectivity index (χ3v) is 8.90.